The molecule has 0 fully saturated rings. The number of unbranched alkanes of at least 4 members (excludes halogenated alkanes) is 26. The number of aryl methyl sites for hydroxylation is 8. The van der Waals surface area contributed by atoms with E-state index in [1.807, 2.05) is 0 Å². The Kier molecular flexibility index (Phi) is 60.9. The maximum absolute atomic E-state index is 6.73. The molecule has 20 nitrogen and oxygen atoms in total. The number of fused-ring (bicyclic) bond motifs is 6. The zero-order chi connectivity index (χ0) is 106. The third kappa shape index (κ3) is 41.2. The monoisotopic (exact) mass is 2170 g/mol. The number of benzene rings is 2. The summed E-state index contributed by atoms with van der Waals surface area (Å²) in [4.78, 5) is 9.10. The smallest absolute Gasteiger partial charge is 0.180 e. The molecule has 0 saturated carbocycles. The van der Waals surface area contributed by atoms with Gasteiger partial charge < -0.3 is 75.8 Å². The van der Waals surface area contributed by atoms with Gasteiger partial charge in [-0.05, 0) is 142 Å². The van der Waals surface area contributed by atoms with Crippen molar-refractivity contribution >= 4 is 90.9 Å². The summed E-state index contributed by atoms with van der Waals surface area (Å²) >= 11 is 9.43. The summed E-state index contributed by atoms with van der Waals surface area (Å²) in [5.74, 6) is 9.42. The average Bonchev–Trinajstić information content (AvgIpc) is 1.60. The van der Waals surface area contributed by atoms with Crippen molar-refractivity contribution in [1.82, 2.24) is 17.5 Å². The van der Waals surface area contributed by atoms with Gasteiger partial charge in [0.05, 0.1) is 108 Å². The number of hydrogen-bond donors (Lipinski definition) is 0. The van der Waals surface area contributed by atoms with Crippen LogP contribution in [-0.2, 0) is 37.9 Å². The van der Waals surface area contributed by atoms with Crippen LogP contribution in [0.25, 0.3) is 42.9 Å². The van der Waals surface area contributed by atoms with Crippen molar-refractivity contribution < 1.29 is 75.8 Å². The molecule has 12 rings (SSSR count). The molecular weight excluding hydrogens is 1970 g/mol. The van der Waals surface area contributed by atoms with Crippen molar-refractivity contribution in [3.8, 4) is 66.9 Å². The minimum absolute atomic E-state index is 0.250. The zero-order valence-corrected chi connectivity index (χ0v) is 101. The molecule has 6 aromatic heterocycles. The first-order valence-corrected chi connectivity index (χ1v) is 63.4. The van der Waals surface area contributed by atoms with Gasteiger partial charge in [-0.15, -0.1) is 45.3 Å². The number of nitrogens with zero attached hydrogens (tertiary/aromatic N) is 4. The first-order chi connectivity index (χ1) is 72.1. The van der Waals surface area contributed by atoms with Crippen molar-refractivity contribution in [3.63, 3.8) is 0 Å². The van der Waals surface area contributed by atoms with E-state index in [0.29, 0.717) is 129 Å². The second kappa shape index (κ2) is 71.3. The fourth-order valence-corrected chi connectivity index (χ4v) is 25.2. The lowest BCUT2D eigenvalue weighted by Crippen LogP contribution is -2.43. The van der Waals surface area contributed by atoms with Crippen LogP contribution in [0.15, 0.2) is 24.3 Å². The topological polar surface area (TPSA) is 199 Å². The predicted octanol–water partition coefficient (Wildman–Crippen LogP) is 35.1. The van der Waals surface area contributed by atoms with Gasteiger partial charge in [0.2, 0.25) is 0 Å². The van der Waals surface area contributed by atoms with Gasteiger partial charge in [-0.3, -0.25) is 0 Å². The van der Waals surface area contributed by atoms with Gasteiger partial charge >= 0.3 is 0 Å². The molecule has 0 radical (unpaired) electrons. The Labute approximate surface area is 920 Å². The molecule has 0 aliphatic carbocycles. The highest BCUT2D eigenvalue weighted by Crippen LogP contribution is 2.55. The van der Waals surface area contributed by atoms with E-state index in [1.54, 1.807) is 45.3 Å². The Morgan fingerprint density at radius 1 is 0.236 bits per heavy atom. The Bertz CT molecular complexity index is 4740. The maximum atomic E-state index is 6.73. The molecule has 840 valence electrons. The fraction of sp³-hybridized carbons (Fsp3) is 0.770. The largest absolute Gasteiger partial charge is 0.488 e. The van der Waals surface area contributed by atoms with Crippen LogP contribution in [0.4, 0.5) is 0 Å². The van der Waals surface area contributed by atoms with Crippen LogP contribution >= 0.6 is 68.8 Å². The number of aromatic nitrogens is 4. The summed E-state index contributed by atoms with van der Waals surface area (Å²) in [5, 5.41) is 0. The summed E-state index contributed by atoms with van der Waals surface area (Å²) in [6, 6.07) is 8.53. The zero-order valence-electron chi connectivity index (χ0n) is 96.1. The minimum atomic E-state index is -0.380. The van der Waals surface area contributed by atoms with Gasteiger partial charge in [0.1, 0.15) is 74.9 Å². The van der Waals surface area contributed by atoms with E-state index in [-0.39, 0.29) is 21.7 Å². The van der Waals surface area contributed by atoms with Crippen LogP contribution in [-0.4, -0.2) is 176 Å². The predicted molar refractivity (Wildman–Crippen MR) is 624 cm³/mol. The molecule has 0 bridgehead atoms. The first kappa shape index (κ1) is 126. The lowest BCUT2D eigenvalue weighted by molar-refractivity contribution is -0.0716. The Balaban J connectivity index is 0.000000221. The molecule has 0 saturated heterocycles. The van der Waals surface area contributed by atoms with E-state index in [1.165, 1.54) is 274 Å². The third-order valence-electron chi connectivity index (χ3n) is 30.1. The molecule has 4 aliphatic heterocycles. The number of rotatable bonds is 72. The van der Waals surface area contributed by atoms with Crippen LogP contribution in [0.5, 0.6) is 46.0 Å². The molecule has 0 N–H and O–H groups in total. The van der Waals surface area contributed by atoms with Crippen molar-refractivity contribution in [3.05, 3.63) is 64.7 Å². The quantitative estimate of drug-likeness (QED) is 0.0326. The SMILES string of the molecule is CCCCC(CC)COCC1(COCC(CC)CCCC)COc2c(C)sc(C)c2OC1.CCCCCCC(CC)COCC1(COCC(CC)CCCC)COc2c(C)sc(-c3ccc(C)c4nsnc34)c2OC1.CCCCCCCCOCC1(COCCCCCCCC)COc2c(C)sc(-c3ccc(C)c4nsnc34)c2OC1.CCCCCCCCOCC1(COCCCCCCCC)COc2c(C)sc(C)c2OC1. The van der Waals surface area contributed by atoms with Crippen molar-refractivity contribution in [2.45, 2.75) is 408 Å². The number of thiophene rings is 4. The highest BCUT2D eigenvalue weighted by atomic mass is 32.1. The van der Waals surface area contributed by atoms with Gasteiger partial charge in [0, 0.05) is 93.2 Å². The third-order valence-corrected chi connectivity index (χ3v) is 35.3. The van der Waals surface area contributed by atoms with E-state index < -0.39 is 0 Å². The molecule has 5 unspecified atom stereocenters. The summed E-state index contributed by atoms with van der Waals surface area (Å²) in [7, 11) is 0. The summed E-state index contributed by atoms with van der Waals surface area (Å²) in [5.41, 5.74) is 6.92. The number of hydrogen-bond acceptors (Lipinski definition) is 26. The lowest BCUT2D eigenvalue weighted by atomic mass is 9.91. The highest BCUT2D eigenvalue weighted by molar-refractivity contribution is 7.17. The Morgan fingerprint density at radius 3 is 0.703 bits per heavy atom. The van der Waals surface area contributed by atoms with Crippen molar-refractivity contribution in [2.75, 3.05) is 159 Å². The molecule has 10 heterocycles. The van der Waals surface area contributed by atoms with Crippen LogP contribution in [0.3, 0.4) is 0 Å². The molecule has 4 aliphatic rings. The minimum Gasteiger partial charge on any atom is -0.488 e. The van der Waals surface area contributed by atoms with Gasteiger partial charge in [0.25, 0.3) is 0 Å². The molecule has 0 amide bonds. The van der Waals surface area contributed by atoms with E-state index in [0.717, 1.165) is 201 Å². The summed E-state index contributed by atoms with van der Waals surface area (Å²) in [6.45, 7) is 59.5. The van der Waals surface area contributed by atoms with E-state index >= 15 is 0 Å². The van der Waals surface area contributed by atoms with Crippen LogP contribution in [0, 0.1) is 101 Å². The van der Waals surface area contributed by atoms with Crippen LogP contribution < -0.4 is 37.9 Å². The normalized spacial score (nSPS) is 16.3. The highest BCUT2D eigenvalue weighted by Gasteiger charge is 2.44. The first-order valence-electron chi connectivity index (χ1n) is 58.7. The molecule has 0 spiro atoms. The van der Waals surface area contributed by atoms with Gasteiger partial charge in [-0.25, -0.2) is 0 Å². The summed E-state index contributed by atoms with van der Waals surface area (Å²) < 4.78 is 121. The van der Waals surface area contributed by atoms with Crippen LogP contribution in [0.1, 0.15) is 393 Å². The Morgan fingerprint density at radius 2 is 0.446 bits per heavy atom. The second-order valence-corrected chi connectivity index (χ2v) is 50.2. The molecule has 8 aromatic rings. The summed E-state index contributed by atoms with van der Waals surface area (Å²) in [6.07, 6.45) is 52.7. The molecule has 148 heavy (non-hydrogen) atoms. The molecule has 5 atom stereocenters. The molecule has 26 heteroatoms. The van der Waals surface area contributed by atoms with Gasteiger partial charge in [-0.1, -0.05) is 326 Å². The number of ether oxygens (including phenoxy) is 16. The second-order valence-electron chi connectivity index (χ2n) is 43.8. The van der Waals surface area contributed by atoms with E-state index in [4.69, 9.17) is 75.8 Å². The average molecular weight is 2170 g/mol. The maximum Gasteiger partial charge on any atom is 0.180 e. The van der Waals surface area contributed by atoms with Crippen molar-refractivity contribution in [1.29, 1.82) is 0 Å². The molecular formula is C122H200N4O16S6. The standard InChI is InChI=1S/C35H54N2O4S2.C33H50N2O4S2.2C27H48O4S/c1-7-11-13-14-16-28(10-4)20-39-22-35(21-38-19-27(9-3)15-12-8-2)23-40-32-26(6)42-34(33(32)41-24-35)29-18-17-25(5)30-31(29)37-43-36-30;1-5-7-9-11-13-15-19-36-21-33(22-37-20-16-14-12-10-8-6-2)23-38-30-26(4)40-32(31(30)39-24-33)27-18-17-25(3)28-29(27)35-41-34-28;1-7-11-13-23(9-3)15-28-17-27(18-29-16-24(10-4)14-12-8-2)19-30-25-21(5)32-22(6)26(25)31-20-27;1-5-7-9-11-13-15-17-28-19-27(20-29-18-16-14-12-10-8-6-2)21-30-25-23(3)32-24(4)26(25)31-22-27/h17-18,27-28H,7-16,19-24H2,1-6H3;17-18H,5-16,19-24H2,1-4H3;23-24H,7-20H2,1-6H3;5-22H2,1-4H3. The molecule has 2 aromatic carbocycles. The van der Waals surface area contributed by atoms with Crippen LogP contribution in [0.2, 0.25) is 0 Å². The van der Waals surface area contributed by atoms with Gasteiger partial charge in [0.15, 0.2) is 46.0 Å². The Hall–Kier alpha value is -5.04. The lowest BCUT2D eigenvalue weighted by Gasteiger charge is -2.32. The van der Waals surface area contributed by atoms with Crippen molar-refractivity contribution in [2.24, 2.45) is 45.3 Å². The van der Waals surface area contributed by atoms with E-state index in [9.17, 15) is 0 Å². The van der Waals surface area contributed by atoms with Gasteiger partial charge in [-0.2, -0.15) is 17.5 Å². The fourth-order valence-electron chi connectivity index (χ4n) is 19.9. The van der Waals surface area contributed by atoms with E-state index in [2.05, 4.69) is 180 Å².